The van der Waals surface area contributed by atoms with Gasteiger partial charge in [0.05, 0.1) is 19.0 Å². The number of nitrogens with two attached hydrogens (primary N) is 1. The zero-order chi connectivity index (χ0) is 22.8. The zero-order valence-corrected chi connectivity index (χ0v) is 20.1. The quantitative estimate of drug-likeness (QED) is 0.613. The van der Waals surface area contributed by atoms with Gasteiger partial charge >= 0.3 is 0 Å². The lowest BCUT2D eigenvalue weighted by Crippen LogP contribution is -2.51. The van der Waals surface area contributed by atoms with Crippen LogP contribution in [-0.4, -0.2) is 75.1 Å². The fourth-order valence-electron chi connectivity index (χ4n) is 5.31. The minimum atomic E-state index is -3.77. The smallest absolute Gasteiger partial charge is 0.282 e. The van der Waals surface area contributed by atoms with E-state index in [1.54, 1.807) is 6.07 Å². The maximum atomic E-state index is 13.5. The van der Waals surface area contributed by atoms with E-state index in [1.807, 2.05) is 0 Å². The fraction of sp³-hybridized carbons (Fsp3) is 0.762. The van der Waals surface area contributed by atoms with Crippen molar-refractivity contribution in [3.63, 3.8) is 0 Å². The molecule has 2 aliphatic heterocycles. The third kappa shape index (κ3) is 5.18. The number of aromatic nitrogens is 1. The first-order valence-electron chi connectivity index (χ1n) is 11.5. The molecule has 0 aromatic carbocycles. The maximum absolute atomic E-state index is 13.5. The number of pyridine rings is 1. The van der Waals surface area contributed by atoms with Gasteiger partial charge < -0.3 is 10.5 Å². The summed E-state index contributed by atoms with van der Waals surface area (Å²) in [6.45, 7) is 1.92. The van der Waals surface area contributed by atoms with E-state index in [1.165, 1.54) is 27.3 Å². The molecule has 2 saturated heterocycles. The average Bonchev–Trinajstić information content (AvgIpc) is 3.24. The summed E-state index contributed by atoms with van der Waals surface area (Å²) >= 11 is 0. The molecule has 0 spiro atoms. The van der Waals surface area contributed by atoms with Crippen molar-refractivity contribution in [1.29, 1.82) is 0 Å². The molecule has 3 heterocycles. The van der Waals surface area contributed by atoms with E-state index >= 15 is 0 Å². The average molecular weight is 487 g/mol. The van der Waals surface area contributed by atoms with Crippen LogP contribution in [0, 0.1) is 11.8 Å². The normalized spacial score (nSPS) is 27.0. The number of nitrogens with zero attached hydrogens (tertiary/aromatic N) is 3. The summed E-state index contributed by atoms with van der Waals surface area (Å²) in [5.74, 6) is 0.382. The van der Waals surface area contributed by atoms with Gasteiger partial charge in [0.25, 0.3) is 10.2 Å². The summed E-state index contributed by atoms with van der Waals surface area (Å²) in [4.78, 5) is 4.05. The van der Waals surface area contributed by atoms with Crippen molar-refractivity contribution in [1.82, 2.24) is 13.6 Å². The zero-order valence-electron chi connectivity index (χ0n) is 18.4. The van der Waals surface area contributed by atoms with Gasteiger partial charge in [-0.05, 0) is 36.0 Å². The number of ether oxygens (including phenoxy) is 1. The Kier molecular flexibility index (Phi) is 7.53. The lowest BCUT2D eigenvalue weighted by molar-refractivity contribution is 0.0699. The molecule has 0 bridgehead atoms. The highest BCUT2D eigenvalue weighted by atomic mass is 32.2. The van der Waals surface area contributed by atoms with Crippen LogP contribution in [0.1, 0.15) is 44.1 Å². The number of morpholine rings is 1. The van der Waals surface area contributed by atoms with Crippen LogP contribution in [-0.2, 0) is 31.3 Å². The van der Waals surface area contributed by atoms with Gasteiger partial charge in [-0.15, -0.1) is 0 Å². The molecule has 0 unspecified atom stereocenters. The molecule has 0 amide bonds. The molecule has 1 aromatic rings. The number of hydrogen-bond acceptors (Lipinski definition) is 7. The molecule has 1 aliphatic carbocycles. The topological polar surface area (TPSA) is 123 Å². The van der Waals surface area contributed by atoms with Crippen molar-refractivity contribution in [3.05, 3.63) is 23.9 Å². The molecule has 3 aliphatic rings. The summed E-state index contributed by atoms with van der Waals surface area (Å²) in [7, 11) is -7.54. The molecule has 0 radical (unpaired) electrons. The van der Waals surface area contributed by atoms with E-state index in [0.29, 0.717) is 50.8 Å². The molecule has 180 valence electrons. The van der Waals surface area contributed by atoms with Crippen LogP contribution in [0.5, 0.6) is 0 Å². The monoisotopic (exact) mass is 486 g/mol. The first kappa shape index (κ1) is 24.0. The van der Waals surface area contributed by atoms with Crippen molar-refractivity contribution < 1.29 is 21.6 Å². The molecule has 1 aromatic heterocycles. The van der Waals surface area contributed by atoms with Crippen molar-refractivity contribution in [3.8, 4) is 0 Å². The number of hydrogen-bond donors (Lipinski definition) is 1. The summed E-state index contributed by atoms with van der Waals surface area (Å²) in [5.41, 5.74) is 6.35. The van der Waals surface area contributed by atoms with Crippen molar-refractivity contribution in [2.24, 2.45) is 17.6 Å². The van der Waals surface area contributed by atoms with Gasteiger partial charge in [-0.25, -0.2) is 13.4 Å². The first-order valence-corrected chi connectivity index (χ1v) is 14.6. The van der Waals surface area contributed by atoms with Crippen molar-refractivity contribution in [2.45, 2.75) is 56.1 Å². The molecule has 3 fully saturated rings. The molecule has 32 heavy (non-hydrogen) atoms. The molecule has 4 rings (SSSR count). The van der Waals surface area contributed by atoms with Crippen LogP contribution in [0.4, 0.5) is 0 Å². The summed E-state index contributed by atoms with van der Waals surface area (Å²) in [5, 5.41) is -0.0368. The highest BCUT2D eigenvalue weighted by molar-refractivity contribution is 7.91. The van der Waals surface area contributed by atoms with E-state index < -0.39 is 26.1 Å². The van der Waals surface area contributed by atoms with Gasteiger partial charge in [0.1, 0.15) is 0 Å². The largest absolute Gasteiger partial charge is 0.379 e. The first-order chi connectivity index (χ1) is 15.3. The third-order valence-corrected chi connectivity index (χ3v) is 10.8. The number of rotatable bonds is 7. The Morgan fingerprint density at radius 1 is 1.06 bits per heavy atom. The highest BCUT2D eigenvalue weighted by Crippen LogP contribution is 2.39. The minimum Gasteiger partial charge on any atom is -0.379 e. The molecule has 9 nitrogen and oxygen atoms in total. The lowest BCUT2D eigenvalue weighted by Gasteiger charge is -2.33. The Bertz CT molecular complexity index is 989. The van der Waals surface area contributed by atoms with Crippen LogP contribution in [0.2, 0.25) is 0 Å². The van der Waals surface area contributed by atoms with Gasteiger partial charge in [-0.3, -0.25) is 0 Å². The second-order valence-corrected chi connectivity index (χ2v) is 13.0. The third-order valence-electron chi connectivity index (χ3n) is 7.07. The Morgan fingerprint density at radius 3 is 2.47 bits per heavy atom. The van der Waals surface area contributed by atoms with E-state index in [2.05, 4.69) is 4.98 Å². The Morgan fingerprint density at radius 2 is 1.78 bits per heavy atom. The minimum absolute atomic E-state index is 0.0368. The fourth-order valence-corrected chi connectivity index (χ4v) is 8.78. The van der Waals surface area contributed by atoms with Gasteiger partial charge in [-0.2, -0.15) is 17.0 Å². The van der Waals surface area contributed by atoms with Crippen LogP contribution in [0.25, 0.3) is 0 Å². The van der Waals surface area contributed by atoms with E-state index in [0.717, 1.165) is 25.7 Å². The molecule has 2 N–H and O–H groups in total. The van der Waals surface area contributed by atoms with Gasteiger partial charge in [0.2, 0.25) is 0 Å². The summed E-state index contributed by atoms with van der Waals surface area (Å²) in [6, 6.07) is 2.58. The molecule has 1 saturated carbocycles. The van der Waals surface area contributed by atoms with Crippen LogP contribution in [0.3, 0.4) is 0 Å². The summed E-state index contributed by atoms with van der Waals surface area (Å²) < 4.78 is 61.7. The van der Waals surface area contributed by atoms with Crippen LogP contribution in [0.15, 0.2) is 23.4 Å². The van der Waals surface area contributed by atoms with E-state index in [-0.39, 0.29) is 23.2 Å². The Hall–Kier alpha value is -1.11. The van der Waals surface area contributed by atoms with Gasteiger partial charge in [-0.1, -0.05) is 32.1 Å². The number of sulfone groups is 1. The lowest BCUT2D eigenvalue weighted by atomic mass is 9.79. The van der Waals surface area contributed by atoms with E-state index in [4.69, 9.17) is 10.5 Å². The molecular weight excluding hydrogens is 452 g/mol. The molecule has 2 atom stereocenters. The predicted octanol–water partition coefficient (Wildman–Crippen LogP) is 1.16. The van der Waals surface area contributed by atoms with Crippen molar-refractivity contribution >= 4 is 20.0 Å². The highest BCUT2D eigenvalue weighted by Gasteiger charge is 2.46. The van der Waals surface area contributed by atoms with Gasteiger partial charge in [0.15, 0.2) is 14.9 Å². The second-order valence-electron chi connectivity index (χ2n) is 9.12. The summed E-state index contributed by atoms with van der Waals surface area (Å²) in [6.07, 6.45) is 7.75. The van der Waals surface area contributed by atoms with Crippen LogP contribution < -0.4 is 5.73 Å². The molecule has 11 heteroatoms. The molecular formula is C21H34N4O5S2. The van der Waals surface area contributed by atoms with E-state index in [9.17, 15) is 16.8 Å². The maximum Gasteiger partial charge on any atom is 0.282 e. The van der Waals surface area contributed by atoms with Gasteiger partial charge in [0, 0.05) is 38.4 Å². The SMILES string of the molecule is NCc1ccnc(S(=O)(=O)C[C@@H]2C[C@H](C3CCCCC3)CN2S(=O)(=O)N2CCOCC2)c1. The Labute approximate surface area is 191 Å². The standard InChI is InChI=1S/C21H34N4O5S2/c22-14-17-6-7-23-21(12-17)31(26,27)16-20-13-19(18-4-2-1-3-5-18)15-25(20)32(28,29)24-8-10-30-11-9-24/h6-7,12,18-20H,1-5,8-11,13-16,22H2/t19-,20-/m0/s1. The Balaban J connectivity index is 1.60. The van der Waals surface area contributed by atoms with Crippen LogP contribution >= 0.6 is 0 Å². The predicted molar refractivity (Wildman–Crippen MR) is 121 cm³/mol. The van der Waals surface area contributed by atoms with Crippen molar-refractivity contribution in [2.75, 3.05) is 38.6 Å². The second kappa shape index (κ2) is 10.0.